The molecule has 3 heterocycles. The number of morpholine rings is 1. The van der Waals surface area contributed by atoms with Crippen LogP contribution in [-0.4, -0.2) is 40.1 Å². The van der Waals surface area contributed by atoms with Gasteiger partial charge in [-0.25, -0.2) is 14.7 Å². The van der Waals surface area contributed by atoms with Gasteiger partial charge in [0.25, 0.3) is 11.8 Å². The molecule has 19 heavy (non-hydrogen) atoms. The van der Waals surface area contributed by atoms with Crippen molar-refractivity contribution in [3.63, 3.8) is 0 Å². The number of anilines is 1. The van der Waals surface area contributed by atoms with Crippen LogP contribution in [0.25, 0.3) is 0 Å². The number of ether oxygens (including phenoxy) is 1. The molecule has 0 spiro atoms. The average molecular weight is 262 g/mol. The van der Waals surface area contributed by atoms with Gasteiger partial charge in [-0.2, -0.15) is 0 Å². The van der Waals surface area contributed by atoms with Crippen molar-refractivity contribution in [1.82, 2.24) is 4.98 Å². The molecule has 2 bridgehead atoms. The van der Waals surface area contributed by atoms with Gasteiger partial charge in [-0.15, -0.1) is 0 Å². The Morgan fingerprint density at radius 2 is 1.89 bits per heavy atom. The summed E-state index contributed by atoms with van der Waals surface area (Å²) in [4.78, 5) is 39.6. The Bertz CT molecular complexity index is 546. The lowest BCUT2D eigenvalue weighted by Gasteiger charge is -2.28. The predicted molar refractivity (Wildman–Crippen MR) is 61.6 cm³/mol. The van der Waals surface area contributed by atoms with E-state index in [1.165, 1.54) is 12.1 Å². The van der Waals surface area contributed by atoms with Gasteiger partial charge < -0.3 is 9.84 Å². The van der Waals surface area contributed by atoms with Crippen molar-refractivity contribution < 1.29 is 24.2 Å². The number of amides is 2. The summed E-state index contributed by atoms with van der Waals surface area (Å²) in [5, 5.41) is 8.78. The van der Waals surface area contributed by atoms with Crippen LogP contribution in [0.3, 0.4) is 0 Å². The van der Waals surface area contributed by atoms with Crippen molar-refractivity contribution in [1.29, 1.82) is 0 Å². The minimum absolute atomic E-state index is 0.000112. The normalized spacial score (nSPS) is 25.8. The maximum absolute atomic E-state index is 12.0. The second kappa shape index (κ2) is 4.13. The highest BCUT2D eigenvalue weighted by Gasteiger charge is 2.47. The van der Waals surface area contributed by atoms with Crippen LogP contribution in [0.15, 0.2) is 18.3 Å². The van der Waals surface area contributed by atoms with Gasteiger partial charge >= 0.3 is 5.97 Å². The lowest BCUT2D eigenvalue weighted by atomic mass is 10.2. The predicted octanol–water partition coefficient (Wildman–Crippen LogP) is 0.201. The molecular weight excluding hydrogens is 252 g/mol. The van der Waals surface area contributed by atoms with E-state index < -0.39 is 30.0 Å². The number of imide groups is 1. The SMILES string of the molecule is O=C(O)c1ccc(N2C(=O)C3CCC(O3)C2=O)nc1. The Morgan fingerprint density at radius 1 is 1.26 bits per heavy atom. The molecule has 0 saturated carbocycles. The van der Waals surface area contributed by atoms with E-state index >= 15 is 0 Å². The largest absolute Gasteiger partial charge is 0.478 e. The monoisotopic (exact) mass is 262 g/mol. The average Bonchev–Trinajstić information content (AvgIpc) is 2.84. The highest BCUT2D eigenvalue weighted by Crippen LogP contribution is 2.30. The van der Waals surface area contributed by atoms with Crippen LogP contribution in [0.2, 0.25) is 0 Å². The summed E-state index contributed by atoms with van der Waals surface area (Å²) in [6, 6.07) is 2.66. The molecule has 2 unspecified atom stereocenters. The van der Waals surface area contributed by atoms with Crippen LogP contribution in [0, 0.1) is 0 Å². The highest BCUT2D eigenvalue weighted by atomic mass is 16.5. The highest BCUT2D eigenvalue weighted by molar-refractivity contribution is 6.19. The van der Waals surface area contributed by atoms with Crippen molar-refractivity contribution in [2.75, 3.05) is 4.90 Å². The van der Waals surface area contributed by atoms with Gasteiger partial charge in [-0.1, -0.05) is 0 Å². The summed E-state index contributed by atoms with van der Waals surface area (Å²) in [6.45, 7) is 0. The number of aromatic carboxylic acids is 1. The standard InChI is InChI=1S/C12H10N2O5/c15-10-7-2-3-8(19-7)11(16)14(10)9-4-1-6(5-13-9)12(17)18/h1,4-5,7-8H,2-3H2,(H,17,18). The number of nitrogens with zero attached hydrogens (tertiary/aromatic N) is 2. The van der Waals surface area contributed by atoms with Crippen molar-refractivity contribution in [3.05, 3.63) is 23.9 Å². The number of fused-ring (bicyclic) bond motifs is 2. The van der Waals surface area contributed by atoms with Crippen LogP contribution in [-0.2, 0) is 14.3 Å². The fourth-order valence-electron chi connectivity index (χ4n) is 2.27. The maximum Gasteiger partial charge on any atom is 0.337 e. The van der Waals surface area contributed by atoms with Crippen LogP contribution in [0.5, 0.6) is 0 Å². The zero-order chi connectivity index (χ0) is 13.6. The van der Waals surface area contributed by atoms with Crippen molar-refractivity contribution in [3.8, 4) is 0 Å². The van der Waals surface area contributed by atoms with Crippen LogP contribution in [0.4, 0.5) is 5.82 Å². The molecule has 1 aromatic heterocycles. The molecule has 2 saturated heterocycles. The second-order valence-corrected chi connectivity index (χ2v) is 4.41. The zero-order valence-corrected chi connectivity index (χ0v) is 9.78. The number of pyridine rings is 1. The van der Waals surface area contributed by atoms with Gasteiger partial charge in [0, 0.05) is 6.20 Å². The number of carbonyl (C=O) groups is 3. The molecule has 98 valence electrons. The Labute approximate surface area is 107 Å². The molecule has 7 heteroatoms. The molecular formula is C12H10N2O5. The smallest absolute Gasteiger partial charge is 0.337 e. The van der Waals surface area contributed by atoms with Crippen molar-refractivity contribution >= 4 is 23.6 Å². The Hall–Kier alpha value is -2.28. The minimum atomic E-state index is -1.11. The Morgan fingerprint density at radius 3 is 2.37 bits per heavy atom. The Balaban J connectivity index is 1.94. The van der Waals surface area contributed by atoms with E-state index in [9.17, 15) is 14.4 Å². The van der Waals surface area contributed by atoms with E-state index in [-0.39, 0.29) is 11.4 Å². The van der Waals surface area contributed by atoms with E-state index in [0.717, 1.165) is 11.1 Å². The number of carbonyl (C=O) groups excluding carboxylic acids is 2. The molecule has 0 radical (unpaired) electrons. The number of carboxylic acid groups (broad SMARTS) is 1. The van der Waals surface area contributed by atoms with E-state index in [1.807, 2.05) is 0 Å². The van der Waals surface area contributed by atoms with Crippen LogP contribution in [0.1, 0.15) is 23.2 Å². The quantitative estimate of drug-likeness (QED) is 0.765. The summed E-state index contributed by atoms with van der Waals surface area (Å²) in [7, 11) is 0. The van der Waals surface area contributed by atoms with Crippen LogP contribution >= 0.6 is 0 Å². The molecule has 2 atom stereocenters. The molecule has 1 N–H and O–H groups in total. The maximum atomic E-state index is 12.0. The molecule has 2 aliphatic heterocycles. The number of rotatable bonds is 2. The third-order valence-electron chi connectivity index (χ3n) is 3.24. The van der Waals surface area contributed by atoms with E-state index in [1.54, 1.807) is 0 Å². The first-order valence-corrected chi connectivity index (χ1v) is 5.80. The van der Waals surface area contributed by atoms with Gasteiger partial charge in [0.15, 0.2) is 0 Å². The van der Waals surface area contributed by atoms with Gasteiger partial charge in [0.1, 0.15) is 18.0 Å². The molecule has 2 aliphatic rings. The molecule has 2 fully saturated rings. The first-order valence-electron chi connectivity index (χ1n) is 5.80. The Kier molecular flexibility index (Phi) is 2.56. The third-order valence-corrected chi connectivity index (χ3v) is 3.24. The first-order chi connectivity index (χ1) is 9.08. The lowest BCUT2D eigenvalue weighted by Crippen LogP contribution is -2.52. The first kappa shape index (κ1) is 11.8. The zero-order valence-electron chi connectivity index (χ0n) is 9.78. The topological polar surface area (TPSA) is 96.8 Å². The van der Waals surface area contributed by atoms with E-state index in [4.69, 9.17) is 9.84 Å². The summed E-state index contributed by atoms with van der Waals surface area (Å²) in [6.07, 6.45) is 0.986. The number of aromatic nitrogens is 1. The second-order valence-electron chi connectivity index (χ2n) is 4.41. The van der Waals surface area contributed by atoms with Gasteiger partial charge in [-0.05, 0) is 25.0 Å². The minimum Gasteiger partial charge on any atom is -0.478 e. The lowest BCUT2D eigenvalue weighted by molar-refractivity contribution is -0.146. The summed E-state index contributed by atoms with van der Waals surface area (Å²) in [5.74, 6) is -1.84. The molecule has 0 aliphatic carbocycles. The third kappa shape index (κ3) is 1.78. The fourth-order valence-corrected chi connectivity index (χ4v) is 2.27. The molecule has 2 amide bonds. The van der Waals surface area contributed by atoms with Crippen molar-refractivity contribution in [2.24, 2.45) is 0 Å². The molecule has 0 aromatic carbocycles. The van der Waals surface area contributed by atoms with Gasteiger partial charge in [0.05, 0.1) is 5.56 Å². The number of carboxylic acids is 1. The van der Waals surface area contributed by atoms with E-state index in [0.29, 0.717) is 12.8 Å². The number of hydrogen-bond acceptors (Lipinski definition) is 5. The van der Waals surface area contributed by atoms with Crippen molar-refractivity contribution in [2.45, 2.75) is 25.0 Å². The van der Waals surface area contributed by atoms with Gasteiger partial charge in [-0.3, -0.25) is 9.59 Å². The molecule has 1 aromatic rings. The fraction of sp³-hybridized carbons (Fsp3) is 0.333. The molecule has 3 rings (SSSR count). The summed E-state index contributed by atoms with van der Waals surface area (Å²) >= 11 is 0. The summed E-state index contributed by atoms with van der Waals surface area (Å²) in [5.41, 5.74) is -0.000112. The summed E-state index contributed by atoms with van der Waals surface area (Å²) < 4.78 is 5.27. The number of hydrogen-bond donors (Lipinski definition) is 1. The van der Waals surface area contributed by atoms with Gasteiger partial charge in [0.2, 0.25) is 0 Å². The molecule has 7 nitrogen and oxygen atoms in total. The van der Waals surface area contributed by atoms with Crippen LogP contribution < -0.4 is 4.90 Å². The van der Waals surface area contributed by atoms with E-state index in [2.05, 4.69) is 4.98 Å².